The quantitative estimate of drug-likeness (QED) is 0.706. The van der Waals surface area contributed by atoms with Gasteiger partial charge in [-0.3, -0.25) is 4.79 Å². The second kappa shape index (κ2) is 9.34. The van der Waals surface area contributed by atoms with Gasteiger partial charge in [0, 0.05) is 43.4 Å². The summed E-state index contributed by atoms with van der Waals surface area (Å²) in [5.41, 5.74) is 3.98. The molecule has 1 amide bonds. The Kier molecular flexibility index (Phi) is 6.17. The molecule has 5 heteroatoms. The smallest absolute Gasteiger partial charge is 0.316 e. The SMILES string of the molecule is O=C(NCC(c1ccccc1)c1ccccc1)c1cc(N2CCOCC2)cc[nH+]1. The van der Waals surface area contributed by atoms with Crippen LogP contribution in [0.4, 0.5) is 5.69 Å². The standard InChI is InChI=1S/C24H25N3O2/c28-24(23-17-21(11-12-25-23)27-13-15-29-16-14-27)26-18-22(19-7-3-1-4-8-19)20-9-5-2-6-10-20/h1-12,17,22H,13-16,18H2,(H,26,28)/p+1. The van der Waals surface area contributed by atoms with Crippen molar-refractivity contribution in [1.82, 2.24) is 5.32 Å². The molecule has 29 heavy (non-hydrogen) atoms. The van der Waals surface area contributed by atoms with E-state index in [2.05, 4.69) is 39.5 Å². The molecule has 2 heterocycles. The first-order valence-corrected chi connectivity index (χ1v) is 10.0. The lowest BCUT2D eigenvalue weighted by molar-refractivity contribution is -0.382. The number of amides is 1. The fourth-order valence-corrected chi connectivity index (χ4v) is 3.69. The van der Waals surface area contributed by atoms with E-state index >= 15 is 0 Å². The van der Waals surface area contributed by atoms with Crippen LogP contribution in [0.15, 0.2) is 79.0 Å². The zero-order chi connectivity index (χ0) is 19.9. The molecule has 0 radical (unpaired) electrons. The molecule has 0 spiro atoms. The minimum atomic E-state index is -0.100. The van der Waals surface area contributed by atoms with Crippen LogP contribution in [0.2, 0.25) is 0 Å². The number of aromatic nitrogens is 1. The van der Waals surface area contributed by atoms with Crippen LogP contribution in [0, 0.1) is 0 Å². The lowest BCUT2D eigenvalue weighted by Crippen LogP contribution is -2.37. The summed E-state index contributed by atoms with van der Waals surface area (Å²) in [6.45, 7) is 3.65. The molecule has 2 N–H and O–H groups in total. The normalized spacial score (nSPS) is 14.0. The Bertz CT molecular complexity index is 886. The molecular weight excluding hydrogens is 362 g/mol. The zero-order valence-corrected chi connectivity index (χ0v) is 16.4. The summed E-state index contributed by atoms with van der Waals surface area (Å²) < 4.78 is 5.42. The molecule has 3 aromatic rings. The highest BCUT2D eigenvalue weighted by molar-refractivity contribution is 5.91. The number of nitrogens with one attached hydrogen (secondary N) is 2. The lowest BCUT2D eigenvalue weighted by Gasteiger charge is -2.28. The molecule has 1 aliphatic heterocycles. The monoisotopic (exact) mass is 388 g/mol. The highest BCUT2D eigenvalue weighted by atomic mass is 16.5. The van der Waals surface area contributed by atoms with Gasteiger partial charge in [0.2, 0.25) is 0 Å². The lowest BCUT2D eigenvalue weighted by atomic mass is 9.91. The summed E-state index contributed by atoms with van der Waals surface area (Å²) >= 11 is 0. The van der Waals surface area contributed by atoms with Crippen LogP contribution in [0.1, 0.15) is 27.5 Å². The summed E-state index contributed by atoms with van der Waals surface area (Å²) in [5, 5.41) is 3.11. The Hall–Kier alpha value is -3.18. The van der Waals surface area contributed by atoms with E-state index in [0.717, 1.165) is 32.0 Å². The second-order valence-electron chi connectivity index (χ2n) is 7.14. The number of ether oxygens (including phenoxy) is 1. The maximum Gasteiger partial charge on any atom is 0.316 e. The van der Waals surface area contributed by atoms with Crippen LogP contribution in [0.5, 0.6) is 0 Å². The van der Waals surface area contributed by atoms with Gasteiger partial charge in [-0.2, -0.15) is 0 Å². The topological polar surface area (TPSA) is 55.7 Å². The number of rotatable bonds is 6. The van der Waals surface area contributed by atoms with Gasteiger partial charge >= 0.3 is 5.91 Å². The molecule has 1 aliphatic rings. The van der Waals surface area contributed by atoms with Crippen molar-refractivity contribution in [2.75, 3.05) is 37.7 Å². The maximum absolute atomic E-state index is 12.9. The zero-order valence-electron chi connectivity index (χ0n) is 16.4. The van der Waals surface area contributed by atoms with Crippen LogP contribution in [-0.2, 0) is 4.74 Å². The summed E-state index contributed by atoms with van der Waals surface area (Å²) in [5.74, 6) is 0.000692. The predicted octanol–water partition coefficient (Wildman–Crippen LogP) is 2.90. The number of carbonyl (C=O) groups excluding carboxylic acids is 1. The van der Waals surface area contributed by atoms with Crippen LogP contribution >= 0.6 is 0 Å². The molecule has 0 bridgehead atoms. The molecule has 1 saturated heterocycles. The van der Waals surface area contributed by atoms with Gasteiger partial charge in [0.05, 0.1) is 13.2 Å². The van der Waals surface area contributed by atoms with Gasteiger partial charge in [-0.25, -0.2) is 4.98 Å². The van der Waals surface area contributed by atoms with E-state index in [1.165, 1.54) is 11.1 Å². The number of anilines is 1. The van der Waals surface area contributed by atoms with Crippen molar-refractivity contribution in [3.63, 3.8) is 0 Å². The van der Waals surface area contributed by atoms with Gasteiger partial charge in [0.25, 0.3) is 5.69 Å². The third kappa shape index (κ3) is 4.81. The van der Waals surface area contributed by atoms with Crippen molar-refractivity contribution in [2.45, 2.75) is 5.92 Å². The first-order chi connectivity index (χ1) is 14.3. The Morgan fingerprint density at radius 2 is 1.59 bits per heavy atom. The van der Waals surface area contributed by atoms with Gasteiger partial charge in [-0.15, -0.1) is 0 Å². The molecule has 0 unspecified atom stereocenters. The number of carbonyl (C=O) groups is 1. The van der Waals surface area contributed by atoms with E-state index in [0.29, 0.717) is 12.2 Å². The predicted molar refractivity (Wildman–Crippen MR) is 113 cm³/mol. The molecule has 1 aromatic heterocycles. The highest BCUT2D eigenvalue weighted by Crippen LogP contribution is 2.24. The average molecular weight is 388 g/mol. The van der Waals surface area contributed by atoms with E-state index in [1.807, 2.05) is 54.7 Å². The van der Waals surface area contributed by atoms with E-state index in [9.17, 15) is 4.79 Å². The van der Waals surface area contributed by atoms with Crippen LogP contribution in [-0.4, -0.2) is 38.8 Å². The number of benzene rings is 2. The molecule has 4 rings (SSSR count). The fraction of sp³-hybridized carbons (Fsp3) is 0.250. The van der Waals surface area contributed by atoms with Gasteiger partial charge in [0.1, 0.15) is 0 Å². The summed E-state index contributed by atoms with van der Waals surface area (Å²) in [7, 11) is 0. The van der Waals surface area contributed by atoms with Gasteiger partial charge < -0.3 is 15.0 Å². The van der Waals surface area contributed by atoms with Gasteiger partial charge in [0.15, 0.2) is 6.20 Å². The van der Waals surface area contributed by atoms with Crippen LogP contribution in [0.3, 0.4) is 0 Å². The van der Waals surface area contributed by atoms with Crippen molar-refractivity contribution in [1.29, 1.82) is 0 Å². The number of aromatic amines is 1. The summed E-state index contributed by atoms with van der Waals surface area (Å²) in [6, 6.07) is 24.5. The fourth-order valence-electron chi connectivity index (χ4n) is 3.69. The maximum atomic E-state index is 12.9. The van der Waals surface area contributed by atoms with E-state index in [4.69, 9.17) is 4.74 Å². The van der Waals surface area contributed by atoms with E-state index in [1.54, 1.807) is 0 Å². The van der Waals surface area contributed by atoms with Crippen molar-refractivity contribution in [3.8, 4) is 0 Å². The van der Waals surface area contributed by atoms with Gasteiger partial charge in [-0.05, 0) is 11.1 Å². The Morgan fingerprint density at radius 1 is 0.966 bits per heavy atom. The largest absolute Gasteiger partial charge is 0.378 e. The molecule has 148 valence electrons. The number of nitrogens with zero attached hydrogens (tertiary/aromatic N) is 1. The number of hydrogen-bond acceptors (Lipinski definition) is 3. The number of hydrogen-bond donors (Lipinski definition) is 1. The first kappa shape index (κ1) is 19.2. The Labute approximate surface area is 171 Å². The molecule has 5 nitrogen and oxygen atoms in total. The molecule has 0 atom stereocenters. The molecule has 2 aromatic carbocycles. The van der Waals surface area contributed by atoms with Crippen molar-refractivity contribution in [3.05, 3.63) is 95.8 Å². The van der Waals surface area contributed by atoms with Gasteiger partial charge in [-0.1, -0.05) is 60.7 Å². The molecule has 1 fully saturated rings. The first-order valence-electron chi connectivity index (χ1n) is 10.0. The molecule has 0 saturated carbocycles. The van der Waals surface area contributed by atoms with Crippen LogP contribution < -0.4 is 15.2 Å². The summed E-state index contributed by atoms with van der Waals surface area (Å²) in [4.78, 5) is 18.2. The number of H-pyrrole nitrogens is 1. The Morgan fingerprint density at radius 3 is 2.21 bits per heavy atom. The van der Waals surface area contributed by atoms with Crippen molar-refractivity contribution >= 4 is 11.6 Å². The van der Waals surface area contributed by atoms with E-state index in [-0.39, 0.29) is 11.8 Å². The minimum absolute atomic E-state index is 0.100. The summed E-state index contributed by atoms with van der Waals surface area (Å²) in [6.07, 6.45) is 1.82. The third-order valence-corrected chi connectivity index (χ3v) is 5.28. The average Bonchev–Trinajstić information content (AvgIpc) is 2.81. The third-order valence-electron chi connectivity index (χ3n) is 5.28. The number of pyridine rings is 1. The molecular formula is C24H26N3O2+. The van der Waals surface area contributed by atoms with Crippen molar-refractivity contribution < 1.29 is 14.5 Å². The highest BCUT2D eigenvalue weighted by Gasteiger charge is 2.20. The second-order valence-corrected chi connectivity index (χ2v) is 7.14. The van der Waals surface area contributed by atoms with Crippen LogP contribution in [0.25, 0.3) is 0 Å². The minimum Gasteiger partial charge on any atom is -0.378 e. The van der Waals surface area contributed by atoms with E-state index < -0.39 is 0 Å². The number of morpholine rings is 1. The molecule has 0 aliphatic carbocycles. The Balaban J connectivity index is 1.48. The van der Waals surface area contributed by atoms with Crippen molar-refractivity contribution in [2.24, 2.45) is 0 Å².